The van der Waals surface area contributed by atoms with E-state index in [0.29, 0.717) is 76.4 Å². The van der Waals surface area contributed by atoms with Crippen LogP contribution >= 0.6 is 0 Å². The van der Waals surface area contributed by atoms with Crippen molar-refractivity contribution in [2.45, 2.75) is 141 Å². The Kier molecular flexibility index (Phi) is 17.2. The first-order chi connectivity index (χ1) is 31.6. The summed E-state index contributed by atoms with van der Waals surface area (Å²) < 4.78 is 39.1. The molecule has 4 aliphatic rings. The average Bonchev–Trinajstić information content (AvgIpc) is 4.03. The lowest BCUT2D eigenvalue weighted by atomic mass is 10.0. The van der Waals surface area contributed by atoms with Crippen LogP contribution in [0.1, 0.15) is 132 Å². The summed E-state index contributed by atoms with van der Waals surface area (Å²) in [5.74, 6) is 2.09. The highest BCUT2D eigenvalue weighted by Crippen LogP contribution is 2.31. The average molecular weight is 901 g/mol. The van der Waals surface area contributed by atoms with Crippen LogP contribution in [0.4, 0.5) is 14.4 Å². The Morgan fingerprint density at radius 2 is 1.12 bits per heavy atom. The van der Waals surface area contributed by atoms with E-state index in [1.807, 2.05) is 81.4 Å². The van der Waals surface area contributed by atoms with Gasteiger partial charge in [0.25, 0.3) is 11.8 Å². The molecule has 4 saturated heterocycles. The van der Waals surface area contributed by atoms with Gasteiger partial charge in [0.2, 0.25) is 0 Å². The number of benzene rings is 2. The fraction of sp³-hybridized carbons (Fsp3) is 0.596. The second-order valence-corrected chi connectivity index (χ2v) is 17.9. The first-order valence-electron chi connectivity index (χ1n) is 23.1. The van der Waals surface area contributed by atoms with E-state index in [9.17, 15) is 14.4 Å². The number of nitrogens with one attached hydrogen (secondary N) is 1. The lowest BCUT2D eigenvalue weighted by Crippen LogP contribution is -2.42. The van der Waals surface area contributed by atoms with Gasteiger partial charge in [-0.1, -0.05) is 77.4 Å². The van der Waals surface area contributed by atoms with Gasteiger partial charge in [-0.3, -0.25) is 4.90 Å². The number of hydrogen-bond donors (Lipinski definition) is 1. The standard InChI is InChI=1S/C26H36N4O6.C21H28N4O4/c1-26(2,3)35-25(32)30-14-8-7-11-21(30)23-27-22(36-28-23)18-33-20-12-15-29(16-13-20)24(31)34-17-19-9-5-4-6-10-19;26-21(28-14-16-6-2-1-3-7-16)25-12-9-17(10-13-25)27-15-19-23-20(24-29-19)18-8-4-5-11-22-18/h4-6,9-10,20-21H,7-8,11-18H2,1-3H3;1-3,6-7,17-18,22H,4-5,8-15H2/t21-;18-/m00/s1. The molecule has 3 amide bonds. The van der Waals surface area contributed by atoms with Gasteiger partial charge in [0.05, 0.1) is 24.3 Å². The molecule has 2 aromatic carbocycles. The van der Waals surface area contributed by atoms with Crippen molar-refractivity contribution in [3.63, 3.8) is 0 Å². The van der Waals surface area contributed by atoms with Crippen LogP contribution in [-0.4, -0.2) is 110 Å². The van der Waals surface area contributed by atoms with Gasteiger partial charge in [0, 0.05) is 32.7 Å². The van der Waals surface area contributed by atoms with Crippen LogP contribution in [0.2, 0.25) is 0 Å². The molecular formula is C47H64N8O10. The van der Waals surface area contributed by atoms with Crippen LogP contribution in [0.5, 0.6) is 0 Å². The van der Waals surface area contributed by atoms with E-state index >= 15 is 0 Å². The van der Waals surface area contributed by atoms with Crippen molar-refractivity contribution < 1.29 is 47.1 Å². The highest BCUT2D eigenvalue weighted by atomic mass is 16.6. The Morgan fingerprint density at radius 1 is 0.615 bits per heavy atom. The van der Waals surface area contributed by atoms with Gasteiger partial charge in [0.1, 0.15) is 32.0 Å². The molecule has 6 heterocycles. The predicted octanol–water partition coefficient (Wildman–Crippen LogP) is 8.05. The molecule has 0 aliphatic carbocycles. The molecule has 4 fully saturated rings. The van der Waals surface area contributed by atoms with E-state index in [-0.39, 0.29) is 55.8 Å². The number of rotatable bonds is 12. The van der Waals surface area contributed by atoms with Gasteiger partial charge in [0.15, 0.2) is 11.6 Å². The third-order valence-electron chi connectivity index (χ3n) is 11.7. The summed E-state index contributed by atoms with van der Waals surface area (Å²) >= 11 is 0. The molecule has 352 valence electrons. The van der Waals surface area contributed by atoms with Crippen LogP contribution in [-0.2, 0) is 50.1 Å². The molecule has 4 aromatic rings. The van der Waals surface area contributed by atoms with Gasteiger partial charge < -0.3 is 47.8 Å². The number of ether oxygens (including phenoxy) is 5. The summed E-state index contributed by atoms with van der Waals surface area (Å²) in [5.41, 5.74) is 1.38. The number of hydrogen-bond acceptors (Lipinski definition) is 15. The predicted molar refractivity (Wildman–Crippen MR) is 235 cm³/mol. The van der Waals surface area contributed by atoms with Crippen molar-refractivity contribution >= 4 is 18.3 Å². The first kappa shape index (κ1) is 47.4. The number of amides is 3. The number of carbonyl (C=O) groups excluding carboxylic acids is 3. The second-order valence-electron chi connectivity index (χ2n) is 17.9. The van der Waals surface area contributed by atoms with E-state index in [1.165, 1.54) is 12.8 Å². The molecule has 4 aliphatic heterocycles. The molecule has 18 nitrogen and oxygen atoms in total. The number of nitrogens with zero attached hydrogens (tertiary/aromatic N) is 7. The number of aromatic nitrogens is 4. The van der Waals surface area contributed by atoms with Crippen LogP contribution < -0.4 is 5.32 Å². The maximum Gasteiger partial charge on any atom is 0.410 e. The number of likely N-dealkylation sites (tertiary alicyclic amines) is 3. The zero-order chi connectivity index (χ0) is 45.4. The summed E-state index contributed by atoms with van der Waals surface area (Å²) in [7, 11) is 0. The topological polar surface area (TPSA) is 197 Å². The number of carbonyl (C=O) groups is 3. The highest BCUT2D eigenvalue weighted by molar-refractivity contribution is 5.69. The largest absolute Gasteiger partial charge is 0.445 e. The van der Waals surface area contributed by atoms with Crippen LogP contribution in [0.3, 0.4) is 0 Å². The Balaban J connectivity index is 0.000000198. The smallest absolute Gasteiger partial charge is 0.410 e. The maximum absolute atomic E-state index is 12.7. The minimum Gasteiger partial charge on any atom is -0.445 e. The van der Waals surface area contributed by atoms with E-state index in [2.05, 4.69) is 25.6 Å². The monoisotopic (exact) mass is 900 g/mol. The van der Waals surface area contributed by atoms with Crippen LogP contribution in [0, 0.1) is 0 Å². The summed E-state index contributed by atoms with van der Waals surface area (Å²) in [6, 6.07) is 19.3. The van der Waals surface area contributed by atoms with E-state index < -0.39 is 5.60 Å². The van der Waals surface area contributed by atoms with Gasteiger partial charge >= 0.3 is 18.3 Å². The number of piperidine rings is 4. The fourth-order valence-corrected chi connectivity index (χ4v) is 8.15. The molecule has 2 aromatic heterocycles. The molecule has 8 rings (SSSR count). The normalized spacial score (nSPS) is 19.8. The third kappa shape index (κ3) is 14.7. The Hall–Kier alpha value is -5.59. The zero-order valence-electron chi connectivity index (χ0n) is 37.9. The van der Waals surface area contributed by atoms with Gasteiger partial charge in [-0.05, 0) is 96.2 Å². The molecule has 18 heteroatoms. The molecule has 0 radical (unpaired) electrons. The Morgan fingerprint density at radius 3 is 1.63 bits per heavy atom. The summed E-state index contributed by atoms with van der Waals surface area (Å²) in [6.45, 7) is 10.6. The summed E-state index contributed by atoms with van der Waals surface area (Å²) in [4.78, 5) is 51.4. The summed E-state index contributed by atoms with van der Waals surface area (Å²) in [6.07, 6.45) is 8.17. The summed E-state index contributed by atoms with van der Waals surface area (Å²) in [5, 5.41) is 11.6. The van der Waals surface area contributed by atoms with Crippen molar-refractivity contribution in [2.24, 2.45) is 0 Å². The van der Waals surface area contributed by atoms with Crippen molar-refractivity contribution in [2.75, 3.05) is 39.3 Å². The highest BCUT2D eigenvalue weighted by Gasteiger charge is 2.35. The SMILES string of the molecule is CC(C)(C)OC(=O)N1CCCC[C@H]1c1noc(COC2CCN(C(=O)OCc3ccccc3)CC2)n1.O=C(OCc1ccccc1)N1CCC(OCc2nc([C@@H]3CCCCN3)no2)CC1. The van der Waals surface area contributed by atoms with Crippen LogP contribution in [0.25, 0.3) is 0 Å². The molecule has 65 heavy (non-hydrogen) atoms. The van der Waals surface area contributed by atoms with Gasteiger partial charge in [-0.25, -0.2) is 14.4 Å². The molecule has 2 atom stereocenters. The van der Waals surface area contributed by atoms with E-state index in [0.717, 1.165) is 62.0 Å². The van der Waals surface area contributed by atoms with E-state index in [1.54, 1.807) is 14.7 Å². The molecule has 0 spiro atoms. The van der Waals surface area contributed by atoms with Crippen molar-refractivity contribution in [3.05, 3.63) is 95.2 Å². The van der Waals surface area contributed by atoms with Gasteiger partial charge in [-0.2, -0.15) is 9.97 Å². The quantitative estimate of drug-likeness (QED) is 0.134. The lowest BCUT2D eigenvalue weighted by molar-refractivity contribution is -0.0132. The Bertz CT molecular complexity index is 2060. The molecular weight excluding hydrogens is 837 g/mol. The molecule has 1 N–H and O–H groups in total. The lowest BCUT2D eigenvalue weighted by Gasteiger charge is -2.35. The van der Waals surface area contributed by atoms with E-state index in [4.69, 9.17) is 32.7 Å². The Labute approximate surface area is 380 Å². The molecule has 0 saturated carbocycles. The van der Waals surface area contributed by atoms with Crippen LogP contribution in [0.15, 0.2) is 69.7 Å². The minimum atomic E-state index is -0.566. The van der Waals surface area contributed by atoms with Crippen molar-refractivity contribution in [3.8, 4) is 0 Å². The van der Waals surface area contributed by atoms with Crippen molar-refractivity contribution in [1.29, 1.82) is 0 Å². The zero-order valence-corrected chi connectivity index (χ0v) is 37.9. The van der Waals surface area contributed by atoms with Gasteiger partial charge in [-0.15, -0.1) is 0 Å². The maximum atomic E-state index is 12.7. The fourth-order valence-electron chi connectivity index (χ4n) is 8.15. The van der Waals surface area contributed by atoms with Crippen molar-refractivity contribution in [1.82, 2.24) is 40.3 Å². The molecule has 0 bridgehead atoms. The first-order valence-corrected chi connectivity index (χ1v) is 23.1. The third-order valence-corrected chi connectivity index (χ3v) is 11.7. The minimum absolute atomic E-state index is 0.00790. The molecule has 0 unspecified atom stereocenters. The second kappa shape index (κ2) is 23.6.